The minimum Gasteiger partial charge on any atom is -0.445 e. The zero-order valence-corrected chi connectivity index (χ0v) is 25.2. The lowest BCUT2D eigenvalue weighted by Crippen LogP contribution is -2.38. The first kappa shape index (κ1) is 26.5. The minimum absolute atomic E-state index is 0.128. The molecule has 4 nitrogen and oxygen atoms in total. The van der Waals surface area contributed by atoms with E-state index in [1.807, 2.05) is 6.07 Å². The molecule has 0 bridgehead atoms. The Morgan fingerprint density at radius 1 is 0.778 bits per heavy atom. The summed E-state index contributed by atoms with van der Waals surface area (Å²) in [6, 6.07) is 33.1. The molecular formula is C41H35N4-. The van der Waals surface area contributed by atoms with Crippen LogP contribution >= 0.6 is 0 Å². The number of rotatable bonds is 4. The largest absolute Gasteiger partial charge is 0.445 e. The van der Waals surface area contributed by atoms with E-state index in [1.54, 1.807) is 0 Å². The molecule has 5 aliphatic rings. The van der Waals surface area contributed by atoms with Crippen LogP contribution in [0.1, 0.15) is 54.5 Å². The molecule has 220 valence electrons. The molecule has 0 spiro atoms. The molecule has 0 amide bonds. The van der Waals surface area contributed by atoms with Gasteiger partial charge in [0.1, 0.15) is 0 Å². The van der Waals surface area contributed by atoms with Crippen molar-refractivity contribution in [1.29, 1.82) is 0 Å². The number of hydrogen-bond acceptors (Lipinski definition) is 3. The summed E-state index contributed by atoms with van der Waals surface area (Å²) in [5.41, 5.74) is 10.4. The van der Waals surface area contributed by atoms with E-state index in [2.05, 4.69) is 138 Å². The Hall–Kier alpha value is -4.93. The van der Waals surface area contributed by atoms with Gasteiger partial charge in [0.15, 0.2) is 0 Å². The number of anilines is 2. The summed E-state index contributed by atoms with van der Waals surface area (Å²) >= 11 is 0. The topological polar surface area (TPSA) is 41.7 Å². The average Bonchev–Trinajstić information content (AvgIpc) is 3.48. The van der Waals surface area contributed by atoms with Gasteiger partial charge in [0, 0.05) is 29.6 Å². The second kappa shape index (κ2) is 10.9. The zero-order chi connectivity index (χ0) is 29.7. The highest BCUT2D eigenvalue weighted by atomic mass is 15.3. The Morgan fingerprint density at radius 3 is 2.49 bits per heavy atom. The molecule has 9 rings (SSSR count). The van der Waals surface area contributed by atoms with Crippen molar-refractivity contribution in [2.45, 2.75) is 50.0 Å². The molecule has 0 aromatic heterocycles. The normalized spacial score (nSPS) is 24.9. The van der Waals surface area contributed by atoms with Gasteiger partial charge in [-0.1, -0.05) is 121 Å². The summed E-state index contributed by atoms with van der Waals surface area (Å²) in [4.78, 5) is 7.61. The maximum atomic E-state index is 5.12. The van der Waals surface area contributed by atoms with Crippen LogP contribution in [0.3, 0.4) is 0 Å². The van der Waals surface area contributed by atoms with E-state index in [4.69, 9.17) is 10.3 Å². The Morgan fingerprint density at radius 2 is 1.62 bits per heavy atom. The third-order valence-corrected chi connectivity index (χ3v) is 9.91. The van der Waals surface area contributed by atoms with Gasteiger partial charge in [0.25, 0.3) is 0 Å². The monoisotopic (exact) mass is 583 g/mol. The lowest BCUT2D eigenvalue weighted by Gasteiger charge is -2.41. The summed E-state index contributed by atoms with van der Waals surface area (Å²) in [7, 11) is 0. The molecule has 4 unspecified atom stereocenters. The number of hydrogen-bond donors (Lipinski definition) is 1. The summed E-state index contributed by atoms with van der Waals surface area (Å²) < 4.78 is 0. The molecule has 0 saturated heterocycles. The third-order valence-electron chi connectivity index (χ3n) is 9.91. The van der Waals surface area contributed by atoms with Gasteiger partial charge in [0.05, 0.1) is 6.04 Å². The van der Waals surface area contributed by atoms with Gasteiger partial charge >= 0.3 is 0 Å². The van der Waals surface area contributed by atoms with Crippen LogP contribution in [0.15, 0.2) is 155 Å². The Labute approximate surface area is 264 Å². The fourth-order valence-corrected chi connectivity index (χ4v) is 7.78. The smallest absolute Gasteiger partial charge is 0.0635 e. The van der Waals surface area contributed by atoms with Crippen LogP contribution in [-0.2, 0) is 0 Å². The number of nitrogens with one attached hydrogen (secondary N) is 1. The Balaban J connectivity index is 1.09. The standard InChI is InChI=1S/C41H35N4/c1-3-13-29(14-4-1)39-42-40(30-15-5-2-6-16-30)44-41(43-39)31-19-23-32(24-20-31)45-35-25-21-27-11-7-9-17-33(27)37(35)38-34-18-10-8-12-28(34)22-26-36(38)45/h1,3-5,7,9-11,13-26,36,38,40-41,44H,2,6,8,12H2/q-1. The first-order valence-electron chi connectivity index (χ1n) is 16.3. The van der Waals surface area contributed by atoms with E-state index in [9.17, 15) is 0 Å². The van der Waals surface area contributed by atoms with E-state index in [0.29, 0.717) is 5.92 Å². The zero-order valence-electron chi connectivity index (χ0n) is 25.2. The van der Waals surface area contributed by atoms with E-state index in [1.165, 1.54) is 44.4 Å². The SMILES string of the molecule is C1=CC(C2N=C(c3ccccc3)[N-]C(c3ccc(N4c5ccc6ccccc6c5C5C6=C(C=CC54)CCC=C6)cc3)N2)=CCC1. The third kappa shape index (κ3) is 4.51. The average molecular weight is 584 g/mol. The molecule has 1 N–H and O–H groups in total. The highest BCUT2D eigenvalue weighted by molar-refractivity contribution is 6.09. The van der Waals surface area contributed by atoms with Crippen LogP contribution in [0, 0.1) is 0 Å². The predicted molar refractivity (Wildman–Crippen MR) is 186 cm³/mol. The van der Waals surface area contributed by atoms with Gasteiger partial charge in [-0.2, -0.15) is 0 Å². The van der Waals surface area contributed by atoms with Gasteiger partial charge in [-0.15, -0.1) is 0 Å². The van der Waals surface area contributed by atoms with Gasteiger partial charge in [-0.3, -0.25) is 0 Å². The second-order valence-corrected chi connectivity index (χ2v) is 12.5. The van der Waals surface area contributed by atoms with Crippen LogP contribution in [0.2, 0.25) is 0 Å². The molecule has 3 aliphatic carbocycles. The van der Waals surface area contributed by atoms with Crippen molar-refractivity contribution in [3.8, 4) is 0 Å². The summed E-state index contributed by atoms with van der Waals surface area (Å²) in [6.45, 7) is 0. The number of fused-ring (bicyclic) bond motifs is 6. The lowest BCUT2D eigenvalue weighted by molar-refractivity contribution is 0.521. The summed E-state index contributed by atoms with van der Waals surface area (Å²) in [5, 5.41) is 11.5. The van der Waals surface area contributed by atoms with Crippen LogP contribution in [-0.4, -0.2) is 18.0 Å². The number of aliphatic imine (C=N–C) groups is 1. The number of benzene rings is 4. The first-order valence-corrected chi connectivity index (χ1v) is 16.3. The fraction of sp³-hybridized carbons (Fsp3) is 0.195. The van der Waals surface area contributed by atoms with E-state index in [0.717, 1.165) is 42.6 Å². The van der Waals surface area contributed by atoms with Crippen molar-refractivity contribution in [2.24, 2.45) is 4.99 Å². The predicted octanol–water partition coefficient (Wildman–Crippen LogP) is 9.68. The Kier molecular flexibility index (Phi) is 6.41. The molecule has 2 aliphatic heterocycles. The highest BCUT2D eigenvalue weighted by Gasteiger charge is 2.42. The number of amidine groups is 1. The van der Waals surface area contributed by atoms with Gasteiger partial charge in [0.2, 0.25) is 0 Å². The van der Waals surface area contributed by atoms with Gasteiger partial charge in [-0.05, 0) is 88.1 Å². The van der Waals surface area contributed by atoms with Crippen LogP contribution < -0.4 is 10.2 Å². The van der Waals surface area contributed by atoms with Gasteiger partial charge in [-0.25, -0.2) is 0 Å². The van der Waals surface area contributed by atoms with Crippen LogP contribution in [0.25, 0.3) is 16.1 Å². The van der Waals surface area contributed by atoms with Crippen LogP contribution in [0.4, 0.5) is 11.4 Å². The molecule has 45 heavy (non-hydrogen) atoms. The molecule has 4 heteroatoms. The van der Waals surface area contributed by atoms with Crippen LogP contribution in [0.5, 0.6) is 0 Å². The van der Waals surface area contributed by atoms with Gasteiger partial charge < -0.3 is 20.5 Å². The maximum Gasteiger partial charge on any atom is 0.0635 e. The number of nitrogens with zero attached hydrogens (tertiary/aromatic N) is 3. The first-order chi connectivity index (χ1) is 22.3. The van der Waals surface area contributed by atoms with Crippen molar-refractivity contribution < 1.29 is 0 Å². The fourth-order valence-electron chi connectivity index (χ4n) is 7.78. The molecule has 0 radical (unpaired) electrons. The minimum atomic E-state index is -0.190. The van der Waals surface area contributed by atoms with E-state index >= 15 is 0 Å². The summed E-state index contributed by atoms with van der Waals surface area (Å²) in [6.07, 6.45) is 20.4. The molecule has 4 atom stereocenters. The van der Waals surface area contributed by atoms with Crippen molar-refractivity contribution in [3.05, 3.63) is 172 Å². The van der Waals surface area contributed by atoms with Crippen molar-refractivity contribution >= 4 is 28.0 Å². The molecule has 0 fully saturated rings. The maximum absolute atomic E-state index is 5.12. The summed E-state index contributed by atoms with van der Waals surface area (Å²) in [5.74, 6) is 1.12. The second-order valence-electron chi connectivity index (χ2n) is 12.5. The quantitative estimate of drug-likeness (QED) is 0.260. The number of allylic oxidation sites excluding steroid dienone is 6. The highest BCUT2D eigenvalue weighted by Crippen LogP contribution is 2.54. The molecule has 4 aromatic carbocycles. The van der Waals surface area contributed by atoms with E-state index in [-0.39, 0.29) is 18.4 Å². The molecule has 0 saturated carbocycles. The Bertz CT molecular complexity index is 1980. The molecule has 4 aromatic rings. The lowest BCUT2D eigenvalue weighted by atomic mass is 9.77. The molecular weight excluding hydrogens is 548 g/mol. The molecule has 2 heterocycles. The van der Waals surface area contributed by atoms with Crippen molar-refractivity contribution in [1.82, 2.24) is 5.32 Å². The van der Waals surface area contributed by atoms with E-state index < -0.39 is 0 Å². The van der Waals surface area contributed by atoms with Crippen molar-refractivity contribution in [3.63, 3.8) is 0 Å². The van der Waals surface area contributed by atoms with Crippen molar-refractivity contribution in [2.75, 3.05) is 4.90 Å².